The molecule has 0 aliphatic carbocycles. The van der Waals surface area contributed by atoms with E-state index in [0.717, 1.165) is 25.8 Å². The van der Waals surface area contributed by atoms with Crippen molar-refractivity contribution in [2.24, 2.45) is 5.92 Å². The molecule has 0 saturated carbocycles. The van der Waals surface area contributed by atoms with Crippen LogP contribution in [0.3, 0.4) is 0 Å². The molecule has 1 N–H and O–H groups in total. The molecular weight excluding hydrogens is 234 g/mol. The molecule has 2 atom stereocenters. The highest BCUT2D eigenvalue weighted by Crippen LogP contribution is 2.26. The molecule has 17 heavy (non-hydrogen) atoms. The summed E-state index contributed by atoms with van der Waals surface area (Å²) in [6.45, 7) is 10.9. The van der Waals surface area contributed by atoms with Gasteiger partial charge < -0.3 is 5.32 Å². The lowest BCUT2D eigenvalue weighted by molar-refractivity contribution is 0.333. The van der Waals surface area contributed by atoms with Gasteiger partial charge in [0.15, 0.2) is 9.84 Å². The van der Waals surface area contributed by atoms with Crippen molar-refractivity contribution in [3.63, 3.8) is 0 Å². The molecule has 3 nitrogen and oxygen atoms in total. The van der Waals surface area contributed by atoms with Crippen LogP contribution in [0.2, 0.25) is 0 Å². The zero-order chi connectivity index (χ0) is 13.7. The Bertz CT molecular complexity index is 309. The second-order valence-corrected chi connectivity index (χ2v) is 8.21. The summed E-state index contributed by atoms with van der Waals surface area (Å²) in [7, 11) is -3.05. The molecule has 0 saturated heterocycles. The topological polar surface area (TPSA) is 46.2 Å². The van der Waals surface area contributed by atoms with Crippen molar-refractivity contribution in [3.05, 3.63) is 0 Å². The van der Waals surface area contributed by atoms with Crippen molar-refractivity contribution in [1.29, 1.82) is 0 Å². The third-order valence-electron chi connectivity index (χ3n) is 3.66. The molecule has 0 aromatic rings. The van der Waals surface area contributed by atoms with Gasteiger partial charge in [-0.3, -0.25) is 0 Å². The van der Waals surface area contributed by atoms with Crippen molar-refractivity contribution >= 4 is 9.84 Å². The largest absolute Gasteiger partial charge is 0.313 e. The summed E-state index contributed by atoms with van der Waals surface area (Å²) in [5, 5.41) is 3.34. The van der Waals surface area contributed by atoms with Gasteiger partial charge in [-0.15, -0.1) is 0 Å². The smallest absolute Gasteiger partial charge is 0.154 e. The van der Waals surface area contributed by atoms with Crippen LogP contribution in [-0.4, -0.2) is 32.0 Å². The quantitative estimate of drug-likeness (QED) is 0.732. The SMILES string of the molecule is CCCC(C)CC(NCC)C(C)(C)S(C)(=O)=O. The van der Waals surface area contributed by atoms with E-state index in [0.29, 0.717) is 5.92 Å². The summed E-state index contributed by atoms with van der Waals surface area (Å²) in [5.41, 5.74) is 0. The number of hydrogen-bond donors (Lipinski definition) is 1. The molecule has 0 aliphatic heterocycles. The molecule has 0 heterocycles. The van der Waals surface area contributed by atoms with Crippen LogP contribution in [0.4, 0.5) is 0 Å². The monoisotopic (exact) mass is 263 g/mol. The summed E-state index contributed by atoms with van der Waals surface area (Å²) in [5.74, 6) is 0.560. The van der Waals surface area contributed by atoms with Crippen LogP contribution in [0.15, 0.2) is 0 Å². The standard InChI is InChI=1S/C13H29NO2S/c1-7-9-11(3)10-12(14-8-2)13(4,5)17(6,15)16/h11-12,14H,7-10H2,1-6H3. The van der Waals surface area contributed by atoms with E-state index in [1.165, 1.54) is 6.26 Å². The van der Waals surface area contributed by atoms with Crippen LogP contribution in [0.1, 0.15) is 53.9 Å². The first-order valence-corrected chi connectivity index (χ1v) is 8.48. The first-order chi connectivity index (χ1) is 7.66. The van der Waals surface area contributed by atoms with Gasteiger partial charge in [-0.2, -0.15) is 0 Å². The van der Waals surface area contributed by atoms with E-state index in [2.05, 4.69) is 19.2 Å². The summed E-state index contributed by atoms with van der Waals surface area (Å²) >= 11 is 0. The molecule has 2 unspecified atom stereocenters. The fraction of sp³-hybridized carbons (Fsp3) is 1.00. The zero-order valence-electron chi connectivity index (χ0n) is 12.2. The van der Waals surface area contributed by atoms with Gasteiger partial charge in [-0.25, -0.2) is 8.42 Å². The Morgan fingerprint density at radius 1 is 1.24 bits per heavy atom. The van der Waals surface area contributed by atoms with Gasteiger partial charge in [0, 0.05) is 12.3 Å². The zero-order valence-corrected chi connectivity index (χ0v) is 13.0. The fourth-order valence-electron chi connectivity index (χ4n) is 2.13. The van der Waals surface area contributed by atoms with Gasteiger partial charge in [-0.1, -0.05) is 33.6 Å². The van der Waals surface area contributed by atoms with Crippen molar-refractivity contribution in [2.75, 3.05) is 12.8 Å². The van der Waals surface area contributed by atoms with Crippen LogP contribution >= 0.6 is 0 Å². The molecule has 104 valence electrons. The highest BCUT2D eigenvalue weighted by Gasteiger charge is 2.38. The van der Waals surface area contributed by atoms with Crippen molar-refractivity contribution < 1.29 is 8.42 Å². The van der Waals surface area contributed by atoms with Crippen LogP contribution in [-0.2, 0) is 9.84 Å². The molecule has 0 spiro atoms. The van der Waals surface area contributed by atoms with Crippen molar-refractivity contribution in [2.45, 2.75) is 64.7 Å². The van der Waals surface area contributed by atoms with E-state index in [-0.39, 0.29) is 6.04 Å². The van der Waals surface area contributed by atoms with Crippen LogP contribution in [0.25, 0.3) is 0 Å². The predicted octanol–water partition coefficient (Wildman–Crippen LogP) is 2.61. The molecule has 0 radical (unpaired) electrons. The van der Waals surface area contributed by atoms with E-state index >= 15 is 0 Å². The minimum absolute atomic E-state index is 0.0315. The summed E-state index contributed by atoms with van der Waals surface area (Å²) < 4.78 is 23.0. The highest BCUT2D eigenvalue weighted by molar-refractivity contribution is 7.92. The molecular formula is C13H29NO2S. The minimum atomic E-state index is -3.05. The number of nitrogens with one attached hydrogen (secondary N) is 1. The summed E-state index contributed by atoms with van der Waals surface area (Å²) in [6.07, 6.45) is 4.56. The molecule has 0 rings (SSSR count). The van der Waals surface area contributed by atoms with E-state index in [4.69, 9.17) is 0 Å². The van der Waals surface area contributed by atoms with Crippen molar-refractivity contribution in [3.8, 4) is 0 Å². The number of sulfone groups is 1. The maximum atomic E-state index is 11.9. The lowest BCUT2D eigenvalue weighted by Gasteiger charge is -2.35. The van der Waals surface area contributed by atoms with Crippen LogP contribution in [0, 0.1) is 5.92 Å². The van der Waals surface area contributed by atoms with Gasteiger partial charge >= 0.3 is 0 Å². The molecule has 0 aromatic carbocycles. The Morgan fingerprint density at radius 3 is 2.12 bits per heavy atom. The molecule has 0 fully saturated rings. The lowest BCUT2D eigenvalue weighted by atomic mass is 9.90. The first kappa shape index (κ1) is 16.9. The Hall–Kier alpha value is -0.0900. The molecule has 0 aromatic heterocycles. The second-order valence-electron chi connectivity index (χ2n) is 5.62. The first-order valence-electron chi connectivity index (χ1n) is 6.59. The van der Waals surface area contributed by atoms with E-state index in [1.54, 1.807) is 0 Å². The predicted molar refractivity (Wildman–Crippen MR) is 75.1 cm³/mol. The summed E-state index contributed by atoms with van der Waals surface area (Å²) in [4.78, 5) is 0. The second kappa shape index (κ2) is 6.74. The molecule has 4 heteroatoms. The maximum Gasteiger partial charge on any atom is 0.154 e. The van der Waals surface area contributed by atoms with E-state index in [1.807, 2.05) is 20.8 Å². The van der Waals surface area contributed by atoms with Gasteiger partial charge in [0.2, 0.25) is 0 Å². The molecule has 0 bridgehead atoms. The van der Waals surface area contributed by atoms with Gasteiger partial charge in [0.1, 0.15) is 0 Å². The lowest BCUT2D eigenvalue weighted by Crippen LogP contribution is -2.52. The third kappa shape index (κ3) is 4.96. The van der Waals surface area contributed by atoms with Crippen LogP contribution in [0.5, 0.6) is 0 Å². The molecule has 0 aliphatic rings. The van der Waals surface area contributed by atoms with Crippen LogP contribution < -0.4 is 5.32 Å². The Balaban J connectivity index is 4.85. The third-order valence-corrected chi connectivity index (χ3v) is 5.86. The van der Waals surface area contributed by atoms with Gasteiger partial charge in [0.05, 0.1) is 4.75 Å². The van der Waals surface area contributed by atoms with E-state index < -0.39 is 14.6 Å². The Kier molecular flexibility index (Phi) is 6.70. The van der Waals surface area contributed by atoms with Gasteiger partial charge in [-0.05, 0) is 32.7 Å². The Morgan fingerprint density at radius 2 is 1.76 bits per heavy atom. The minimum Gasteiger partial charge on any atom is -0.313 e. The average molecular weight is 263 g/mol. The average Bonchev–Trinajstić information content (AvgIpc) is 2.15. The summed E-state index contributed by atoms with van der Waals surface area (Å²) in [6, 6.07) is 0.0315. The number of rotatable bonds is 8. The highest BCUT2D eigenvalue weighted by atomic mass is 32.2. The maximum absolute atomic E-state index is 11.9. The number of hydrogen-bond acceptors (Lipinski definition) is 3. The van der Waals surface area contributed by atoms with Gasteiger partial charge in [0.25, 0.3) is 0 Å². The fourth-order valence-corrected chi connectivity index (χ4v) is 2.83. The Labute approximate surface area is 107 Å². The van der Waals surface area contributed by atoms with E-state index in [9.17, 15) is 8.42 Å². The normalized spacial score (nSPS) is 16.8. The molecule has 0 amide bonds. The van der Waals surface area contributed by atoms with Crippen molar-refractivity contribution in [1.82, 2.24) is 5.32 Å².